The Hall–Kier alpha value is -0.990. The highest BCUT2D eigenvalue weighted by Crippen LogP contribution is 2.20. The Morgan fingerprint density at radius 3 is 2.91 bits per heavy atom. The summed E-state index contributed by atoms with van der Waals surface area (Å²) in [5, 5.41) is 0. The van der Waals surface area contributed by atoms with Crippen molar-refractivity contribution >= 4 is 18.6 Å². The van der Waals surface area contributed by atoms with E-state index in [0.29, 0.717) is 12.0 Å². The molecule has 0 aliphatic carbocycles. The molecule has 0 spiro atoms. The van der Waals surface area contributed by atoms with E-state index >= 15 is 0 Å². The third kappa shape index (κ3) is 1.23. The van der Waals surface area contributed by atoms with Crippen LogP contribution in [-0.2, 0) is 0 Å². The summed E-state index contributed by atoms with van der Waals surface area (Å²) in [6, 6.07) is 0.306. The molecule has 0 saturated heterocycles. The molecular formula is C8H11N3. The summed E-state index contributed by atoms with van der Waals surface area (Å²) in [7, 11) is 0. The fourth-order valence-corrected chi connectivity index (χ4v) is 1.45. The van der Waals surface area contributed by atoms with Crippen LogP contribution in [0.4, 0.5) is 0 Å². The van der Waals surface area contributed by atoms with Crippen molar-refractivity contribution < 1.29 is 0 Å². The lowest BCUT2D eigenvalue weighted by Gasteiger charge is -2.25. The van der Waals surface area contributed by atoms with Gasteiger partial charge in [0.2, 0.25) is 0 Å². The molecule has 0 amide bonds. The van der Waals surface area contributed by atoms with Crippen molar-refractivity contribution in [1.29, 1.82) is 0 Å². The molecule has 11 heavy (non-hydrogen) atoms. The predicted octanol–water partition coefficient (Wildman–Crippen LogP) is 0.947. The van der Waals surface area contributed by atoms with Crippen LogP contribution in [0.3, 0.4) is 0 Å². The van der Waals surface area contributed by atoms with Gasteiger partial charge in [0.05, 0.1) is 6.04 Å². The molecule has 2 rings (SSSR count). The van der Waals surface area contributed by atoms with Crippen LogP contribution in [0.1, 0.15) is 13.3 Å². The molecule has 2 heterocycles. The molecule has 0 aromatic carbocycles. The Kier molecular flexibility index (Phi) is 1.56. The van der Waals surface area contributed by atoms with E-state index in [0.717, 1.165) is 6.42 Å². The second kappa shape index (κ2) is 2.57. The minimum atomic E-state index is 0.0798. The molecule has 2 aliphatic heterocycles. The molecule has 2 aliphatic rings. The third-order valence-corrected chi connectivity index (χ3v) is 2.03. The lowest BCUT2D eigenvalue weighted by Crippen LogP contribution is -2.30. The van der Waals surface area contributed by atoms with Gasteiger partial charge in [-0.25, -0.2) is 0 Å². The second-order valence-electron chi connectivity index (χ2n) is 3.09. The van der Waals surface area contributed by atoms with Gasteiger partial charge in [-0.1, -0.05) is 6.92 Å². The van der Waals surface area contributed by atoms with Crippen molar-refractivity contribution in [3.8, 4) is 0 Å². The van der Waals surface area contributed by atoms with E-state index in [4.69, 9.17) is 0 Å². The van der Waals surface area contributed by atoms with E-state index in [1.807, 2.05) is 6.21 Å². The molecule has 0 aromatic rings. The Balaban J connectivity index is 2.20. The first-order valence-corrected chi connectivity index (χ1v) is 3.94. The summed E-state index contributed by atoms with van der Waals surface area (Å²) in [5.74, 6) is 0.557. The van der Waals surface area contributed by atoms with Gasteiger partial charge in [-0.2, -0.15) is 0 Å². The summed E-state index contributed by atoms with van der Waals surface area (Å²) in [6.45, 7) is 2.16. The average molecular weight is 149 g/mol. The van der Waals surface area contributed by atoms with E-state index in [2.05, 4.69) is 21.9 Å². The smallest absolute Gasteiger partial charge is 0.161 e. The van der Waals surface area contributed by atoms with E-state index < -0.39 is 0 Å². The molecule has 3 nitrogen and oxygen atoms in total. The van der Waals surface area contributed by atoms with E-state index in [1.54, 1.807) is 12.4 Å². The van der Waals surface area contributed by atoms with E-state index in [1.165, 1.54) is 0 Å². The zero-order chi connectivity index (χ0) is 7.68. The molecule has 3 atom stereocenters. The minimum Gasteiger partial charge on any atom is -0.284 e. The van der Waals surface area contributed by atoms with Gasteiger partial charge in [-0.15, -0.1) is 0 Å². The van der Waals surface area contributed by atoms with Crippen LogP contribution < -0.4 is 0 Å². The molecule has 3 unspecified atom stereocenters. The minimum absolute atomic E-state index is 0.0798. The van der Waals surface area contributed by atoms with Crippen LogP contribution in [0.15, 0.2) is 15.0 Å². The Morgan fingerprint density at radius 2 is 2.00 bits per heavy atom. The predicted molar refractivity (Wildman–Crippen MR) is 46.8 cm³/mol. The Labute approximate surface area is 66.0 Å². The zero-order valence-electron chi connectivity index (χ0n) is 6.51. The molecule has 58 valence electrons. The first-order chi connectivity index (χ1) is 5.36. The summed E-state index contributed by atoms with van der Waals surface area (Å²) in [6.07, 6.45) is 6.65. The van der Waals surface area contributed by atoms with E-state index in [-0.39, 0.29) is 6.17 Å². The first-order valence-electron chi connectivity index (χ1n) is 3.94. The molecule has 3 heteroatoms. The fraction of sp³-hybridized carbons (Fsp3) is 0.625. The summed E-state index contributed by atoms with van der Waals surface area (Å²) >= 11 is 0. The van der Waals surface area contributed by atoms with Crippen LogP contribution in [-0.4, -0.2) is 30.9 Å². The van der Waals surface area contributed by atoms with Gasteiger partial charge >= 0.3 is 0 Å². The highest BCUT2D eigenvalue weighted by atomic mass is 15.1. The highest BCUT2D eigenvalue weighted by Gasteiger charge is 2.25. The monoisotopic (exact) mass is 149 g/mol. The molecule has 0 saturated carbocycles. The number of hydrogen-bond donors (Lipinski definition) is 0. The van der Waals surface area contributed by atoms with Gasteiger partial charge in [0.15, 0.2) is 6.17 Å². The van der Waals surface area contributed by atoms with Crippen molar-refractivity contribution in [3.05, 3.63) is 0 Å². The number of aliphatic imine (C=N–C) groups is 3. The molecule has 0 bridgehead atoms. The lowest BCUT2D eigenvalue weighted by molar-refractivity contribution is 0.455. The normalized spacial score (nSPS) is 40.6. The van der Waals surface area contributed by atoms with Crippen molar-refractivity contribution in [3.63, 3.8) is 0 Å². The zero-order valence-corrected chi connectivity index (χ0v) is 6.51. The molecule has 0 N–H and O–H groups in total. The Bertz CT molecular complexity index is 229. The second-order valence-corrected chi connectivity index (χ2v) is 3.09. The van der Waals surface area contributed by atoms with Gasteiger partial charge in [-0.3, -0.25) is 15.0 Å². The van der Waals surface area contributed by atoms with Crippen LogP contribution in [0.5, 0.6) is 0 Å². The van der Waals surface area contributed by atoms with Crippen LogP contribution in [0, 0.1) is 5.92 Å². The largest absolute Gasteiger partial charge is 0.284 e. The topological polar surface area (TPSA) is 37.1 Å². The summed E-state index contributed by atoms with van der Waals surface area (Å²) in [4.78, 5) is 12.8. The number of fused-ring (bicyclic) bond motifs is 1. The number of hydrogen-bond acceptors (Lipinski definition) is 3. The van der Waals surface area contributed by atoms with Crippen LogP contribution in [0.25, 0.3) is 0 Å². The maximum atomic E-state index is 4.31. The quantitative estimate of drug-likeness (QED) is 0.491. The van der Waals surface area contributed by atoms with Crippen LogP contribution in [0.2, 0.25) is 0 Å². The maximum Gasteiger partial charge on any atom is 0.161 e. The Morgan fingerprint density at radius 1 is 1.18 bits per heavy atom. The van der Waals surface area contributed by atoms with Crippen molar-refractivity contribution in [1.82, 2.24) is 0 Å². The van der Waals surface area contributed by atoms with Crippen LogP contribution >= 0.6 is 0 Å². The summed E-state index contributed by atoms with van der Waals surface area (Å²) < 4.78 is 0. The van der Waals surface area contributed by atoms with Gasteiger partial charge in [0.1, 0.15) is 0 Å². The lowest BCUT2D eigenvalue weighted by atomic mass is 9.98. The SMILES string of the molecule is CC1C=NC2N=CC=NC2C1. The molecule has 0 radical (unpaired) electrons. The molecule has 0 aromatic heterocycles. The molecular weight excluding hydrogens is 138 g/mol. The van der Waals surface area contributed by atoms with Crippen molar-refractivity contribution in [2.24, 2.45) is 20.9 Å². The molecule has 0 fully saturated rings. The maximum absolute atomic E-state index is 4.31. The number of rotatable bonds is 0. The fourth-order valence-electron chi connectivity index (χ4n) is 1.45. The first kappa shape index (κ1) is 6.70. The van der Waals surface area contributed by atoms with Gasteiger partial charge in [-0.05, 0) is 12.3 Å². The van der Waals surface area contributed by atoms with E-state index in [9.17, 15) is 0 Å². The average Bonchev–Trinajstić information content (AvgIpc) is 2.04. The van der Waals surface area contributed by atoms with Crippen molar-refractivity contribution in [2.75, 3.05) is 0 Å². The van der Waals surface area contributed by atoms with Gasteiger partial charge < -0.3 is 0 Å². The van der Waals surface area contributed by atoms with Gasteiger partial charge in [0.25, 0.3) is 0 Å². The third-order valence-electron chi connectivity index (χ3n) is 2.03. The standard InChI is InChI=1S/C8H11N3/c1-6-4-7-8(11-5-6)10-3-2-9-7/h2-3,5-8H,4H2,1H3. The summed E-state index contributed by atoms with van der Waals surface area (Å²) in [5.41, 5.74) is 0. The number of nitrogens with zero attached hydrogens (tertiary/aromatic N) is 3. The van der Waals surface area contributed by atoms with Crippen molar-refractivity contribution in [2.45, 2.75) is 25.6 Å². The van der Waals surface area contributed by atoms with Gasteiger partial charge in [0, 0.05) is 18.6 Å². The highest BCUT2D eigenvalue weighted by molar-refractivity contribution is 6.16.